The summed E-state index contributed by atoms with van der Waals surface area (Å²) in [7, 11) is 0. The van der Waals surface area contributed by atoms with Gasteiger partial charge in [-0.05, 0) is 45.3 Å². The zero-order chi connectivity index (χ0) is 11.7. The lowest BCUT2D eigenvalue weighted by Gasteiger charge is -2.05. The third-order valence-corrected chi connectivity index (χ3v) is 3.67. The van der Waals surface area contributed by atoms with E-state index in [1.54, 1.807) is 0 Å². The second-order valence-electron chi connectivity index (χ2n) is 3.87. The molecule has 3 aromatic heterocycles. The van der Waals surface area contributed by atoms with Crippen molar-refractivity contribution in [2.24, 2.45) is 0 Å². The number of rotatable bonds is 2. The van der Waals surface area contributed by atoms with Crippen molar-refractivity contribution in [1.82, 2.24) is 15.0 Å². The summed E-state index contributed by atoms with van der Waals surface area (Å²) in [4.78, 5) is 11.5. The highest BCUT2D eigenvalue weighted by molar-refractivity contribution is 9.10. The number of hydrogen-bond donors (Lipinski definition) is 1. The second kappa shape index (κ2) is 4.30. The van der Waals surface area contributed by atoms with E-state index in [-0.39, 0.29) is 0 Å². The maximum atomic E-state index is 4.40. The topological polar surface area (TPSA) is 41.6 Å². The highest BCUT2D eigenvalue weighted by atomic mass is 79.9. The highest BCUT2D eigenvalue weighted by Crippen LogP contribution is 2.27. The summed E-state index contributed by atoms with van der Waals surface area (Å²) in [5, 5.41) is 1.12. The number of H-pyrrole nitrogens is 1. The quantitative estimate of drug-likeness (QED) is 0.786. The molecule has 0 aliphatic rings. The van der Waals surface area contributed by atoms with Gasteiger partial charge in [0.05, 0.1) is 0 Å². The van der Waals surface area contributed by atoms with Crippen LogP contribution in [0.3, 0.4) is 0 Å². The summed E-state index contributed by atoms with van der Waals surface area (Å²) >= 11 is 3.64. The third-order valence-electron chi connectivity index (χ3n) is 2.74. The van der Waals surface area contributed by atoms with Crippen LogP contribution < -0.4 is 0 Å². The summed E-state index contributed by atoms with van der Waals surface area (Å²) in [6.45, 7) is 0. The van der Waals surface area contributed by atoms with E-state index >= 15 is 0 Å². The van der Waals surface area contributed by atoms with Crippen LogP contribution in [-0.4, -0.2) is 15.0 Å². The smallest absolute Gasteiger partial charge is 0.138 e. The molecule has 3 heterocycles. The predicted molar refractivity (Wildman–Crippen MR) is 70.8 cm³/mol. The summed E-state index contributed by atoms with van der Waals surface area (Å²) in [6, 6.07) is 6.07. The fourth-order valence-electron chi connectivity index (χ4n) is 1.86. The molecular weight excluding hydrogens is 278 g/mol. The minimum atomic E-state index is 0.858. The molecule has 0 spiro atoms. The van der Waals surface area contributed by atoms with Crippen molar-refractivity contribution in [3.63, 3.8) is 0 Å². The molecule has 0 bridgehead atoms. The molecule has 0 aromatic carbocycles. The Balaban J connectivity index is 2.03. The molecule has 1 N–H and O–H groups in total. The molecule has 84 valence electrons. The van der Waals surface area contributed by atoms with E-state index in [9.17, 15) is 0 Å². The molecular formula is C13H10BrN3. The first-order valence-corrected chi connectivity index (χ1v) is 6.13. The molecule has 0 saturated heterocycles. The second-order valence-corrected chi connectivity index (χ2v) is 4.66. The zero-order valence-electron chi connectivity index (χ0n) is 9.02. The number of pyridine rings is 2. The molecule has 0 atom stereocenters. The average Bonchev–Trinajstić information content (AvgIpc) is 2.83. The summed E-state index contributed by atoms with van der Waals surface area (Å²) < 4.78 is 1.11. The molecule has 0 unspecified atom stereocenters. The molecule has 0 fully saturated rings. The Morgan fingerprint density at radius 2 is 2.00 bits per heavy atom. The van der Waals surface area contributed by atoms with Crippen LogP contribution in [0.1, 0.15) is 11.1 Å². The maximum absolute atomic E-state index is 4.40. The Bertz CT molecular complexity index is 646. The van der Waals surface area contributed by atoms with E-state index in [1.807, 2.05) is 43.0 Å². The fourth-order valence-corrected chi connectivity index (χ4v) is 2.42. The van der Waals surface area contributed by atoms with Crippen molar-refractivity contribution < 1.29 is 0 Å². The van der Waals surface area contributed by atoms with Crippen molar-refractivity contribution in [3.05, 3.63) is 58.6 Å². The molecule has 0 radical (unpaired) electrons. The Kier molecular flexibility index (Phi) is 2.65. The van der Waals surface area contributed by atoms with Crippen LogP contribution in [-0.2, 0) is 6.42 Å². The Morgan fingerprint density at radius 3 is 2.82 bits per heavy atom. The van der Waals surface area contributed by atoms with E-state index in [1.165, 1.54) is 11.1 Å². The van der Waals surface area contributed by atoms with Gasteiger partial charge >= 0.3 is 0 Å². The van der Waals surface area contributed by atoms with Crippen LogP contribution in [0.5, 0.6) is 0 Å². The van der Waals surface area contributed by atoms with Gasteiger partial charge in [0, 0.05) is 41.1 Å². The van der Waals surface area contributed by atoms with Gasteiger partial charge in [-0.1, -0.05) is 0 Å². The van der Waals surface area contributed by atoms with Crippen LogP contribution in [0.2, 0.25) is 0 Å². The van der Waals surface area contributed by atoms with Crippen LogP contribution in [0.25, 0.3) is 11.0 Å². The highest BCUT2D eigenvalue weighted by Gasteiger charge is 2.07. The largest absolute Gasteiger partial charge is 0.346 e. The molecule has 0 aliphatic heterocycles. The van der Waals surface area contributed by atoms with Gasteiger partial charge in [-0.2, -0.15) is 0 Å². The summed E-state index contributed by atoms with van der Waals surface area (Å²) in [5.74, 6) is 0. The summed E-state index contributed by atoms with van der Waals surface area (Å²) in [5.41, 5.74) is 3.33. The van der Waals surface area contributed by atoms with Gasteiger partial charge in [-0.15, -0.1) is 0 Å². The van der Waals surface area contributed by atoms with Gasteiger partial charge in [0.1, 0.15) is 5.65 Å². The lowest BCUT2D eigenvalue weighted by molar-refractivity contribution is 1.13. The number of aromatic amines is 1. The number of fused-ring (bicyclic) bond motifs is 1. The Hall–Kier alpha value is -1.68. The Labute approximate surface area is 107 Å². The Morgan fingerprint density at radius 1 is 1.18 bits per heavy atom. The predicted octanol–water partition coefficient (Wildman–Crippen LogP) is 3.31. The third kappa shape index (κ3) is 1.96. The SMILES string of the molecule is Brc1c(Cc2ccncc2)cnc2[nH]ccc12. The molecule has 0 aliphatic carbocycles. The van der Waals surface area contributed by atoms with Gasteiger partial charge < -0.3 is 4.98 Å². The van der Waals surface area contributed by atoms with Crippen molar-refractivity contribution >= 4 is 27.0 Å². The van der Waals surface area contributed by atoms with Crippen LogP contribution in [0.4, 0.5) is 0 Å². The minimum absolute atomic E-state index is 0.858. The molecule has 3 rings (SSSR count). The first kappa shape index (κ1) is 10.5. The van der Waals surface area contributed by atoms with E-state index < -0.39 is 0 Å². The molecule has 0 amide bonds. The van der Waals surface area contributed by atoms with Gasteiger partial charge in [-0.25, -0.2) is 4.98 Å². The lowest BCUT2D eigenvalue weighted by atomic mass is 10.1. The van der Waals surface area contributed by atoms with E-state index in [0.29, 0.717) is 0 Å². The van der Waals surface area contributed by atoms with Crippen LogP contribution >= 0.6 is 15.9 Å². The number of aromatic nitrogens is 3. The van der Waals surface area contributed by atoms with Crippen molar-refractivity contribution in [1.29, 1.82) is 0 Å². The van der Waals surface area contributed by atoms with Crippen molar-refractivity contribution in [3.8, 4) is 0 Å². The zero-order valence-corrected chi connectivity index (χ0v) is 10.6. The number of nitrogens with zero attached hydrogens (tertiary/aromatic N) is 2. The number of hydrogen-bond acceptors (Lipinski definition) is 2. The van der Waals surface area contributed by atoms with Gasteiger partial charge in [0.25, 0.3) is 0 Å². The van der Waals surface area contributed by atoms with E-state index in [0.717, 1.165) is 21.9 Å². The summed E-state index contributed by atoms with van der Waals surface area (Å²) in [6.07, 6.45) is 8.29. The first-order valence-electron chi connectivity index (χ1n) is 5.34. The molecule has 0 saturated carbocycles. The maximum Gasteiger partial charge on any atom is 0.138 e. The normalized spacial score (nSPS) is 10.9. The van der Waals surface area contributed by atoms with Crippen molar-refractivity contribution in [2.75, 3.05) is 0 Å². The molecule has 3 nitrogen and oxygen atoms in total. The standard InChI is InChI=1S/C13H10BrN3/c14-12-10(7-9-1-4-15-5-2-9)8-17-13-11(12)3-6-16-13/h1-6,8H,7H2,(H,16,17). The first-order chi connectivity index (χ1) is 8.34. The number of halogens is 1. The van der Waals surface area contributed by atoms with Gasteiger partial charge in [-0.3, -0.25) is 4.98 Å². The lowest BCUT2D eigenvalue weighted by Crippen LogP contribution is -1.92. The van der Waals surface area contributed by atoms with Crippen LogP contribution in [0, 0.1) is 0 Å². The van der Waals surface area contributed by atoms with Crippen molar-refractivity contribution in [2.45, 2.75) is 6.42 Å². The molecule has 17 heavy (non-hydrogen) atoms. The molecule has 3 aromatic rings. The van der Waals surface area contributed by atoms with E-state index in [4.69, 9.17) is 0 Å². The number of nitrogens with one attached hydrogen (secondary N) is 1. The monoisotopic (exact) mass is 287 g/mol. The molecule has 4 heteroatoms. The minimum Gasteiger partial charge on any atom is -0.346 e. The van der Waals surface area contributed by atoms with E-state index in [2.05, 4.69) is 30.9 Å². The van der Waals surface area contributed by atoms with Crippen LogP contribution in [0.15, 0.2) is 47.5 Å². The van der Waals surface area contributed by atoms with Gasteiger partial charge in [0.2, 0.25) is 0 Å². The van der Waals surface area contributed by atoms with Gasteiger partial charge in [0.15, 0.2) is 0 Å². The fraction of sp³-hybridized carbons (Fsp3) is 0.0769. The average molecular weight is 288 g/mol.